The molecule has 128 valence electrons. The van der Waals surface area contributed by atoms with Gasteiger partial charge in [-0.1, -0.05) is 12.1 Å². The lowest BCUT2D eigenvalue weighted by Crippen LogP contribution is -2.40. The van der Waals surface area contributed by atoms with Crippen LogP contribution in [-0.4, -0.2) is 47.3 Å². The Balaban J connectivity index is 1.70. The highest BCUT2D eigenvalue weighted by atomic mass is 32.2. The third-order valence-corrected chi connectivity index (χ3v) is 6.39. The van der Waals surface area contributed by atoms with Gasteiger partial charge >= 0.3 is 0 Å². The number of carbonyl (C=O) groups is 1. The highest BCUT2D eigenvalue weighted by Gasteiger charge is 2.32. The summed E-state index contributed by atoms with van der Waals surface area (Å²) in [7, 11) is -3.53. The van der Waals surface area contributed by atoms with Crippen molar-refractivity contribution in [1.82, 2.24) is 14.7 Å². The van der Waals surface area contributed by atoms with Gasteiger partial charge in [0.25, 0.3) is 0 Å². The van der Waals surface area contributed by atoms with Crippen LogP contribution in [0.25, 0.3) is 5.69 Å². The van der Waals surface area contributed by atoms with E-state index >= 15 is 0 Å². The molecule has 7 heteroatoms. The lowest BCUT2D eigenvalue weighted by Gasteiger charge is -2.20. The summed E-state index contributed by atoms with van der Waals surface area (Å²) in [5, 5.41) is 3.14. The predicted molar refractivity (Wildman–Crippen MR) is 91.5 cm³/mol. The first-order valence-corrected chi connectivity index (χ1v) is 9.78. The summed E-state index contributed by atoms with van der Waals surface area (Å²) in [5.41, 5.74) is 1.54. The normalized spacial score (nSPS) is 16.3. The van der Waals surface area contributed by atoms with Gasteiger partial charge in [-0.25, -0.2) is 13.1 Å². The molecule has 1 atom stereocenters. The molecule has 0 saturated carbocycles. The number of amides is 1. The van der Waals surface area contributed by atoms with Crippen molar-refractivity contribution in [1.29, 1.82) is 0 Å². The van der Waals surface area contributed by atoms with Crippen molar-refractivity contribution in [2.45, 2.75) is 30.8 Å². The van der Waals surface area contributed by atoms with Gasteiger partial charge in [0.05, 0.1) is 11.4 Å². The fraction of sp³-hybridized carbons (Fsp3) is 0.412. The maximum atomic E-state index is 12.5. The van der Waals surface area contributed by atoms with E-state index in [0.29, 0.717) is 18.7 Å². The summed E-state index contributed by atoms with van der Waals surface area (Å²) in [6.07, 6.45) is 5.41. The molecule has 2 heterocycles. The molecule has 1 saturated heterocycles. The molecular formula is C17H21N3O3S. The number of benzene rings is 1. The van der Waals surface area contributed by atoms with Gasteiger partial charge in [-0.3, -0.25) is 4.79 Å². The summed E-state index contributed by atoms with van der Waals surface area (Å²) in [5.74, 6) is -0.409. The first kappa shape index (κ1) is 16.7. The first-order chi connectivity index (χ1) is 11.5. The average molecular weight is 347 g/mol. The van der Waals surface area contributed by atoms with E-state index < -0.39 is 15.1 Å². The SMILES string of the molecule is C[C@@H](C(=O)N1CCCC1)S(=O)(=O)Cc1ccc(-n2cccn2)cc1. The van der Waals surface area contributed by atoms with Gasteiger partial charge in [0.1, 0.15) is 5.25 Å². The molecule has 1 fully saturated rings. The van der Waals surface area contributed by atoms with E-state index in [4.69, 9.17) is 0 Å². The molecule has 24 heavy (non-hydrogen) atoms. The zero-order valence-corrected chi connectivity index (χ0v) is 14.4. The Bertz CT molecular complexity index is 792. The standard InChI is InChI=1S/C17H21N3O3S/c1-14(17(21)19-10-2-3-11-19)24(22,23)13-15-5-7-16(8-6-15)20-12-4-9-18-20/h4-9,12,14H,2-3,10-11,13H2,1H3/t14-/m0/s1. The molecule has 0 radical (unpaired) electrons. The third-order valence-electron chi connectivity index (χ3n) is 4.38. The summed E-state index contributed by atoms with van der Waals surface area (Å²) in [6.45, 7) is 2.82. The van der Waals surface area contributed by atoms with E-state index in [2.05, 4.69) is 5.10 Å². The minimum Gasteiger partial charge on any atom is -0.342 e. The van der Waals surface area contributed by atoms with Crippen molar-refractivity contribution in [3.05, 3.63) is 48.3 Å². The van der Waals surface area contributed by atoms with Crippen LogP contribution >= 0.6 is 0 Å². The van der Waals surface area contributed by atoms with Crippen molar-refractivity contribution in [2.24, 2.45) is 0 Å². The van der Waals surface area contributed by atoms with Gasteiger partial charge in [-0.2, -0.15) is 5.10 Å². The summed E-state index contributed by atoms with van der Waals surface area (Å²) >= 11 is 0. The van der Waals surface area contributed by atoms with Gasteiger partial charge in [0, 0.05) is 25.5 Å². The van der Waals surface area contributed by atoms with Gasteiger partial charge < -0.3 is 4.90 Å². The van der Waals surface area contributed by atoms with E-state index in [-0.39, 0.29) is 11.7 Å². The Labute approximate surface area is 142 Å². The second kappa shape index (κ2) is 6.76. The minimum absolute atomic E-state index is 0.132. The van der Waals surface area contributed by atoms with Crippen LogP contribution in [0.2, 0.25) is 0 Å². The summed E-state index contributed by atoms with van der Waals surface area (Å²) < 4.78 is 26.8. The highest BCUT2D eigenvalue weighted by molar-refractivity contribution is 7.92. The van der Waals surface area contributed by atoms with Crippen LogP contribution in [0.15, 0.2) is 42.7 Å². The molecular weight excluding hydrogens is 326 g/mol. The lowest BCUT2D eigenvalue weighted by atomic mass is 10.2. The van der Waals surface area contributed by atoms with Crippen LogP contribution in [0.5, 0.6) is 0 Å². The number of sulfone groups is 1. The van der Waals surface area contributed by atoms with E-state index in [1.807, 2.05) is 24.4 Å². The summed E-state index contributed by atoms with van der Waals surface area (Å²) in [6, 6.07) is 9.00. The molecule has 1 aliphatic heterocycles. The molecule has 1 aliphatic rings. The van der Waals surface area contributed by atoms with Crippen LogP contribution in [0, 0.1) is 0 Å². The molecule has 2 aromatic rings. The van der Waals surface area contributed by atoms with Gasteiger partial charge in [0.15, 0.2) is 9.84 Å². The van der Waals surface area contributed by atoms with Gasteiger partial charge in [-0.15, -0.1) is 0 Å². The second-order valence-electron chi connectivity index (χ2n) is 6.10. The van der Waals surface area contributed by atoms with Crippen LogP contribution in [0.3, 0.4) is 0 Å². The Hall–Kier alpha value is -2.15. The smallest absolute Gasteiger partial charge is 0.240 e. The van der Waals surface area contributed by atoms with Crippen molar-refractivity contribution < 1.29 is 13.2 Å². The first-order valence-electron chi connectivity index (χ1n) is 8.07. The van der Waals surface area contributed by atoms with E-state index in [1.54, 1.807) is 27.9 Å². The monoisotopic (exact) mass is 347 g/mol. The summed E-state index contributed by atoms with van der Waals surface area (Å²) in [4.78, 5) is 14.0. The maximum absolute atomic E-state index is 12.5. The number of aromatic nitrogens is 2. The minimum atomic E-state index is -3.53. The maximum Gasteiger partial charge on any atom is 0.240 e. The zero-order valence-electron chi connectivity index (χ0n) is 13.6. The van der Waals surface area contributed by atoms with Crippen molar-refractivity contribution >= 4 is 15.7 Å². The molecule has 0 spiro atoms. The molecule has 1 aromatic heterocycles. The Kier molecular flexibility index (Phi) is 4.71. The van der Waals surface area contributed by atoms with Crippen LogP contribution in [0.1, 0.15) is 25.3 Å². The quantitative estimate of drug-likeness (QED) is 0.827. The molecule has 1 aromatic carbocycles. The zero-order chi connectivity index (χ0) is 17.2. The molecule has 0 N–H and O–H groups in total. The van der Waals surface area contributed by atoms with Crippen molar-refractivity contribution in [2.75, 3.05) is 13.1 Å². The Morgan fingerprint density at radius 2 is 1.88 bits per heavy atom. The van der Waals surface area contributed by atoms with Gasteiger partial charge in [-0.05, 0) is 43.5 Å². The lowest BCUT2D eigenvalue weighted by molar-refractivity contribution is -0.129. The Morgan fingerprint density at radius 1 is 1.21 bits per heavy atom. The number of hydrogen-bond acceptors (Lipinski definition) is 4. The number of likely N-dealkylation sites (tertiary alicyclic amines) is 1. The highest BCUT2D eigenvalue weighted by Crippen LogP contribution is 2.17. The number of nitrogens with zero attached hydrogens (tertiary/aromatic N) is 3. The van der Waals surface area contributed by atoms with Crippen LogP contribution in [-0.2, 0) is 20.4 Å². The van der Waals surface area contributed by atoms with Crippen LogP contribution in [0.4, 0.5) is 0 Å². The molecule has 6 nitrogen and oxygen atoms in total. The van der Waals surface area contributed by atoms with E-state index in [9.17, 15) is 13.2 Å². The van der Waals surface area contributed by atoms with E-state index in [0.717, 1.165) is 18.5 Å². The molecule has 1 amide bonds. The molecule has 3 rings (SSSR count). The predicted octanol–water partition coefficient (Wildman–Crippen LogP) is 1.80. The number of rotatable bonds is 5. The largest absolute Gasteiger partial charge is 0.342 e. The van der Waals surface area contributed by atoms with Crippen molar-refractivity contribution in [3.63, 3.8) is 0 Å². The Morgan fingerprint density at radius 3 is 2.46 bits per heavy atom. The topological polar surface area (TPSA) is 72.3 Å². The second-order valence-corrected chi connectivity index (χ2v) is 8.42. The number of carbonyl (C=O) groups excluding carboxylic acids is 1. The molecule has 0 unspecified atom stereocenters. The van der Waals surface area contributed by atoms with E-state index in [1.165, 1.54) is 6.92 Å². The average Bonchev–Trinajstić information content (AvgIpc) is 3.27. The van der Waals surface area contributed by atoms with Gasteiger partial charge in [0.2, 0.25) is 5.91 Å². The molecule has 0 bridgehead atoms. The molecule has 0 aliphatic carbocycles. The fourth-order valence-corrected chi connectivity index (χ4v) is 4.24. The third kappa shape index (κ3) is 3.51. The number of hydrogen-bond donors (Lipinski definition) is 0. The fourth-order valence-electron chi connectivity index (χ4n) is 2.87. The van der Waals surface area contributed by atoms with Crippen LogP contribution < -0.4 is 0 Å². The van der Waals surface area contributed by atoms with Crippen molar-refractivity contribution in [3.8, 4) is 5.69 Å².